The van der Waals surface area contributed by atoms with Crippen molar-refractivity contribution in [2.45, 2.75) is 75.5 Å². The smallest absolute Gasteiger partial charge is 0.303 e. The first-order valence-corrected chi connectivity index (χ1v) is 8.13. The maximum Gasteiger partial charge on any atom is 0.303 e. The Morgan fingerprint density at radius 1 is 1.38 bits per heavy atom. The summed E-state index contributed by atoms with van der Waals surface area (Å²) >= 11 is 0. The molecule has 0 aromatic rings. The van der Waals surface area contributed by atoms with Crippen LogP contribution in [0.4, 0.5) is 0 Å². The molecule has 4 heteroatoms. The van der Waals surface area contributed by atoms with Crippen molar-refractivity contribution in [2.24, 2.45) is 11.8 Å². The molecule has 0 amide bonds. The molecule has 0 aromatic heterocycles. The zero-order chi connectivity index (χ0) is 14.8. The normalized spacial score (nSPS) is 53.5. The van der Waals surface area contributed by atoms with Crippen molar-refractivity contribution in [1.82, 2.24) is 0 Å². The van der Waals surface area contributed by atoms with Crippen LogP contribution in [0.15, 0.2) is 12.7 Å². The molecule has 7 atom stereocenters. The molecule has 0 N–H and O–H groups in total. The minimum atomic E-state index is -0.451. The largest absolute Gasteiger partial charge is 0.456 e. The van der Waals surface area contributed by atoms with E-state index in [0.717, 1.165) is 32.1 Å². The summed E-state index contributed by atoms with van der Waals surface area (Å²) in [4.78, 5) is 11.7. The van der Waals surface area contributed by atoms with Crippen LogP contribution in [0.2, 0.25) is 0 Å². The Balaban J connectivity index is 1.75. The zero-order valence-electron chi connectivity index (χ0n) is 12.8. The third-order valence-electron chi connectivity index (χ3n) is 6.05. The second kappa shape index (κ2) is 4.32. The van der Waals surface area contributed by atoms with Crippen molar-refractivity contribution in [2.75, 3.05) is 0 Å². The minimum absolute atomic E-state index is 0.145. The van der Waals surface area contributed by atoms with Gasteiger partial charge >= 0.3 is 5.97 Å². The molecule has 21 heavy (non-hydrogen) atoms. The van der Waals surface area contributed by atoms with E-state index in [9.17, 15) is 4.79 Å². The van der Waals surface area contributed by atoms with E-state index in [-0.39, 0.29) is 17.7 Å². The van der Waals surface area contributed by atoms with Crippen molar-refractivity contribution in [3.05, 3.63) is 12.7 Å². The SMILES string of the molecule is C=CC[C@@H]1C[C@]2(OC(C)=O)C[C@@H](C)O[C@@]23C[C@@H]2O[C@@H]2C[C@H]13. The van der Waals surface area contributed by atoms with Crippen LogP contribution in [-0.4, -0.2) is 35.5 Å². The van der Waals surface area contributed by atoms with E-state index >= 15 is 0 Å². The minimum Gasteiger partial charge on any atom is -0.456 e. The van der Waals surface area contributed by atoms with E-state index in [1.54, 1.807) is 0 Å². The van der Waals surface area contributed by atoms with Gasteiger partial charge < -0.3 is 14.2 Å². The summed E-state index contributed by atoms with van der Waals surface area (Å²) in [5.41, 5.74) is -0.781. The molecule has 2 aliphatic heterocycles. The van der Waals surface area contributed by atoms with Crippen LogP contribution in [0.3, 0.4) is 0 Å². The standard InChI is InChI=1S/C17H24O4/c1-4-5-12-8-16(21-11(3)18)7-10(2)20-17(16)9-15-14(19-15)6-13(12)17/h4,10,12-15H,1,5-9H2,2-3H3/t10-,12-,13-,14-,15+,16-,17-/m1/s1. The Kier molecular flexibility index (Phi) is 2.84. The predicted molar refractivity (Wildman–Crippen MR) is 76.7 cm³/mol. The second-order valence-corrected chi connectivity index (χ2v) is 7.36. The first kappa shape index (κ1) is 13.8. The molecule has 4 nitrogen and oxygen atoms in total. The summed E-state index contributed by atoms with van der Waals surface area (Å²) in [6, 6.07) is 0. The molecule has 2 saturated heterocycles. The van der Waals surface area contributed by atoms with Gasteiger partial charge in [-0.15, -0.1) is 6.58 Å². The van der Waals surface area contributed by atoms with Gasteiger partial charge in [-0.1, -0.05) is 6.08 Å². The summed E-state index contributed by atoms with van der Waals surface area (Å²) in [7, 11) is 0. The highest BCUT2D eigenvalue weighted by molar-refractivity contribution is 5.67. The van der Waals surface area contributed by atoms with E-state index in [1.165, 1.54) is 6.92 Å². The second-order valence-electron chi connectivity index (χ2n) is 7.36. The van der Waals surface area contributed by atoms with E-state index in [0.29, 0.717) is 24.0 Å². The van der Waals surface area contributed by atoms with Gasteiger partial charge in [0.25, 0.3) is 0 Å². The summed E-state index contributed by atoms with van der Waals surface area (Å²) in [6.45, 7) is 7.51. The summed E-state index contributed by atoms with van der Waals surface area (Å²) < 4.78 is 18.2. The van der Waals surface area contributed by atoms with Crippen molar-refractivity contribution in [1.29, 1.82) is 0 Å². The monoisotopic (exact) mass is 292 g/mol. The quantitative estimate of drug-likeness (QED) is 0.456. The highest BCUT2D eigenvalue weighted by Gasteiger charge is 2.75. The molecule has 2 saturated carbocycles. The number of fused-ring (bicyclic) bond motifs is 1. The van der Waals surface area contributed by atoms with Crippen LogP contribution in [0.5, 0.6) is 0 Å². The number of epoxide rings is 1. The van der Waals surface area contributed by atoms with Crippen LogP contribution in [-0.2, 0) is 19.0 Å². The van der Waals surface area contributed by atoms with Crippen LogP contribution in [0.25, 0.3) is 0 Å². The van der Waals surface area contributed by atoms with Crippen LogP contribution >= 0.6 is 0 Å². The molecule has 2 aliphatic carbocycles. The Morgan fingerprint density at radius 2 is 2.19 bits per heavy atom. The number of ether oxygens (including phenoxy) is 3. The third kappa shape index (κ3) is 1.78. The fraction of sp³-hybridized carbons (Fsp3) is 0.824. The number of carbonyl (C=O) groups excluding carboxylic acids is 1. The number of allylic oxidation sites excluding steroid dienone is 1. The van der Waals surface area contributed by atoms with Crippen molar-refractivity contribution >= 4 is 5.97 Å². The molecule has 0 unspecified atom stereocenters. The molecule has 4 aliphatic rings. The average molecular weight is 292 g/mol. The molecule has 2 heterocycles. The van der Waals surface area contributed by atoms with Crippen molar-refractivity contribution in [3.8, 4) is 0 Å². The molecule has 4 rings (SSSR count). The van der Waals surface area contributed by atoms with Gasteiger partial charge in [0.05, 0.1) is 18.3 Å². The Labute approximate surface area is 125 Å². The summed E-state index contributed by atoms with van der Waals surface area (Å²) in [6.07, 6.45) is 7.46. The molecular formula is C17H24O4. The van der Waals surface area contributed by atoms with Crippen LogP contribution < -0.4 is 0 Å². The molecule has 1 spiro atoms. The molecule has 116 valence electrons. The highest BCUT2D eigenvalue weighted by Crippen LogP contribution is 2.66. The third-order valence-corrected chi connectivity index (χ3v) is 6.05. The van der Waals surface area contributed by atoms with Crippen LogP contribution in [0, 0.1) is 11.8 Å². The predicted octanol–water partition coefficient (Wildman–Crippen LogP) is 2.61. The van der Waals surface area contributed by atoms with Crippen LogP contribution in [0.1, 0.15) is 46.0 Å². The molecule has 0 radical (unpaired) electrons. The number of hydrogen-bond acceptors (Lipinski definition) is 4. The van der Waals surface area contributed by atoms with Gasteiger partial charge in [0.15, 0.2) is 0 Å². The average Bonchev–Trinajstić information content (AvgIpc) is 3.01. The fourth-order valence-electron chi connectivity index (χ4n) is 5.56. The number of carbonyl (C=O) groups is 1. The van der Waals surface area contributed by atoms with Gasteiger partial charge in [0, 0.05) is 19.8 Å². The number of hydrogen-bond donors (Lipinski definition) is 0. The van der Waals surface area contributed by atoms with Crippen molar-refractivity contribution < 1.29 is 19.0 Å². The Bertz CT molecular complexity index is 489. The van der Waals surface area contributed by atoms with Gasteiger partial charge in [0.2, 0.25) is 0 Å². The molecule has 0 bridgehead atoms. The van der Waals surface area contributed by atoms with E-state index in [1.807, 2.05) is 6.08 Å². The maximum atomic E-state index is 11.7. The number of esters is 1. The molecule has 4 fully saturated rings. The topological polar surface area (TPSA) is 48.1 Å². The van der Waals surface area contributed by atoms with E-state index < -0.39 is 5.60 Å². The van der Waals surface area contributed by atoms with E-state index in [4.69, 9.17) is 14.2 Å². The zero-order valence-corrected chi connectivity index (χ0v) is 12.8. The van der Waals surface area contributed by atoms with E-state index in [2.05, 4.69) is 13.5 Å². The lowest BCUT2D eigenvalue weighted by Gasteiger charge is -2.43. The van der Waals surface area contributed by atoms with Gasteiger partial charge in [-0.25, -0.2) is 0 Å². The highest BCUT2D eigenvalue weighted by atomic mass is 16.6. The lowest BCUT2D eigenvalue weighted by Crippen LogP contribution is -2.55. The Hall–Kier alpha value is -0.870. The Morgan fingerprint density at radius 3 is 2.90 bits per heavy atom. The first-order chi connectivity index (χ1) is 9.99. The van der Waals surface area contributed by atoms with Gasteiger partial charge in [-0.05, 0) is 38.0 Å². The first-order valence-electron chi connectivity index (χ1n) is 8.13. The summed E-state index contributed by atoms with van der Waals surface area (Å²) in [5, 5.41) is 0. The number of rotatable bonds is 3. The van der Waals surface area contributed by atoms with Crippen molar-refractivity contribution in [3.63, 3.8) is 0 Å². The molecular weight excluding hydrogens is 268 g/mol. The summed E-state index contributed by atoms with van der Waals surface area (Å²) in [5.74, 6) is 0.715. The van der Waals surface area contributed by atoms with Gasteiger partial charge in [-0.2, -0.15) is 0 Å². The van der Waals surface area contributed by atoms with Gasteiger partial charge in [0.1, 0.15) is 11.2 Å². The maximum absolute atomic E-state index is 11.7. The molecule has 0 aromatic carbocycles. The fourth-order valence-corrected chi connectivity index (χ4v) is 5.56. The lowest BCUT2D eigenvalue weighted by molar-refractivity contribution is -0.185. The lowest BCUT2D eigenvalue weighted by atomic mass is 9.70. The van der Waals surface area contributed by atoms with Gasteiger partial charge in [-0.3, -0.25) is 4.79 Å².